The van der Waals surface area contributed by atoms with E-state index in [4.69, 9.17) is 5.11 Å². The van der Waals surface area contributed by atoms with Crippen LogP contribution in [0.25, 0.3) is 0 Å². The van der Waals surface area contributed by atoms with Gasteiger partial charge < -0.3 is 10.4 Å². The number of aliphatic carboxylic acids is 1. The van der Waals surface area contributed by atoms with Crippen LogP contribution < -0.4 is 5.32 Å². The van der Waals surface area contributed by atoms with Crippen molar-refractivity contribution in [1.82, 2.24) is 5.32 Å². The zero-order valence-corrected chi connectivity index (χ0v) is 6.89. The van der Waals surface area contributed by atoms with Crippen LogP contribution >= 0.6 is 0 Å². The highest BCUT2D eigenvalue weighted by atomic mass is 16.4. The van der Waals surface area contributed by atoms with Crippen LogP contribution in [0.2, 0.25) is 0 Å². The minimum absolute atomic E-state index is 0.450. The molecule has 1 aliphatic carbocycles. The van der Waals surface area contributed by atoms with E-state index in [0.29, 0.717) is 6.54 Å². The van der Waals surface area contributed by atoms with Crippen molar-refractivity contribution in [2.24, 2.45) is 5.41 Å². The van der Waals surface area contributed by atoms with E-state index in [0.717, 1.165) is 25.7 Å². The summed E-state index contributed by atoms with van der Waals surface area (Å²) in [6, 6.07) is 0. The Hall–Kier alpha value is -0.570. The van der Waals surface area contributed by atoms with Crippen LogP contribution in [0.5, 0.6) is 0 Å². The number of hydrogen-bond donors (Lipinski definition) is 2. The lowest BCUT2D eigenvalue weighted by atomic mass is 9.86. The van der Waals surface area contributed by atoms with Gasteiger partial charge in [0.15, 0.2) is 0 Å². The normalized spacial score (nSPS) is 21.9. The lowest BCUT2D eigenvalue weighted by molar-refractivity contribution is -0.148. The van der Waals surface area contributed by atoms with E-state index in [2.05, 4.69) is 5.32 Å². The Bertz CT molecular complexity index is 150. The van der Waals surface area contributed by atoms with Gasteiger partial charge in [-0.05, 0) is 19.9 Å². The second-order valence-electron chi connectivity index (χ2n) is 3.32. The van der Waals surface area contributed by atoms with Crippen molar-refractivity contribution in [1.29, 1.82) is 0 Å². The first-order valence-corrected chi connectivity index (χ1v) is 4.09. The average Bonchev–Trinajstić information content (AvgIpc) is 2.38. The molecule has 0 atom stereocenters. The van der Waals surface area contributed by atoms with Gasteiger partial charge in [0.1, 0.15) is 0 Å². The van der Waals surface area contributed by atoms with E-state index >= 15 is 0 Å². The van der Waals surface area contributed by atoms with Gasteiger partial charge in [0.25, 0.3) is 0 Å². The molecule has 1 aliphatic rings. The number of nitrogens with one attached hydrogen (secondary N) is 1. The molecule has 0 aromatic rings. The number of carboxylic acids is 1. The molecule has 0 saturated heterocycles. The first-order chi connectivity index (χ1) is 5.21. The maximum absolute atomic E-state index is 10.9. The highest BCUT2D eigenvalue weighted by Gasteiger charge is 2.40. The zero-order chi connectivity index (χ0) is 8.32. The van der Waals surface area contributed by atoms with Gasteiger partial charge in [-0.3, -0.25) is 4.79 Å². The maximum atomic E-state index is 10.9. The molecule has 2 N–H and O–H groups in total. The summed E-state index contributed by atoms with van der Waals surface area (Å²) >= 11 is 0. The summed E-state index contributed by atoms with van der Waals surface area (Å²) in [7, 11) is 1.81. The van der Waals surface area contributed by atoms with Gasteiger partial charge >= 0.3 is 5.97 Å². The monoisotopic (exact) mass is 157 g/mol. The topological polar surface area (TPSA) is 49.3 Å². The molecule has 0 aliphatic heterocycles. The fourth-order valence-corrected chi connectivity index (χ4v) is 1.86. The largest absolute Gasteiger partial charge is 0.481 e. The van der Waals surface area contributed by atoms with Gasteiger partial charge in [-0.25, -0.2) is 0 Å². The van der Waals surface area contributed by atoms with Crippen molar-refractivity contribution in [3.63, 3.8) is 0 Å². The van der Waals surface area contributed by atoms with Crippen molar-refractivity contribution in [2.75, 3.05) is 13.6 Å². The number of hydrogen-bond acceptors (Lipinski definition) is 2. The Balaban J connectivity index is 2.62. The lowest BCUT2D eigenvalue weighted by Crippen LogP contribution is -2.37. The molecule has 1 saturated carbocycles. The van der Waals surface area contributed by atoms with Crippen molar-refractivity contribution >= 4 is 5.97 Å². The third-order valence-corrected chi connectivity index (χ3v) is 2.53. The summed E-state index contributed by atoms with van der Waals surface area (Å²) in [5.74, 6) is -0.635. The smallest absolute Gasteiger partial charge is 0.310 e. The molecular formula is C8H15NO2. The zero-order valence-electron chi connectivity index (χ0n) is 6.89. The maximum Gasteiger partial charge on any atom is 0.310 e. The fraction of sp³-hybridized carbons (Fsp3) is 0.875. The van der Waals surface area contributed by atoms with Crippen LogP contribution in [0, 0.1) is 5.41 Å². The predicted octanol–water partition coefficient (Wildman–Crippen LogP) is 0.851. The van der Waals surface area contributed by atoms with Crippen molar-refractivity contribution in [2.45, 2.75) is 25.7 Å². The van der Waals surface area contributed by atoms with Crippen molar-refractivity contribution < 1.29 is 9.90 Å². The first kappa shape index (κ1) is 8.53. The molecule has 1 fully saturated rings. The van der Waals surface area contributed by atoms with Crippen LogP contribution in [0.4, 0.5) is 0 Å². The van der Waals surface area contributed by atoms with Crippen LogP contribution in [-0.2, 0) is 4.79 Å². The number of rotatable bonds is 3. The van der Waals surface area contributed by atoms with Crippen LogP contribution in [0.3, 0.4) is 0 Å². The summed E-state index contributed by atoms with van der Waals surface area (Å²) in [4.78, 5) is 10.9. The fourth-order valence-electron chi connectivity index (χ4n) is 1.86. The summed E-state index contributed by atoms with van der Waals surface area (Å²) in [5.41, 5.74) is -0.450. The summed E-state index contributed by atoms with van der Waals surface area (Å²) in [6.45, 7) is 0.613. The molecule has 0 radical (unpaired) electrons. The van der Waals surface area contributed by atoms with Gasteiger partial charge in [-0.15, -0.1) is 0 Å². The van der Waals surface area contributed by atoms with E-state index < -0.39 is 11.4 Å². The van der Waals surface area contributed by atoms with E-state index in [1.54, 1.807) is 0 Å². The van der Waals surface area contributed by atoms with Gasteiger partial charge in [-0.2, -0.15) is 0 Å². The summed E-state index contributed by atoms with van der Waals surface area (Å²) in [6.07, 6.45) is 3.80. The van der Waals surface area contributed by atoms with E-state index in [1.165, 1.54) is 0 Å². The van der Waals surface area contributed by atoms with Crippen molar-refractivity contribution in [3.05, 3.63) is 0 Å². The second-order valence-corrected chi connectivity index (χ2v) is 3.32. The van der Waals surface area contributed by atoms with Gasteiger partial charge in [0.2, 0.25) is 0 Å². The molecule has 0 aromatic carbocycles. The standard InChI is InChI=1S/C8H15NO2/c1-9-6-8(7(10)11)4-2-3-5-8/h9H,2-6H2,1H3,(H,10,11). The van der Waals surface area contributed by atoms with E-state index in [9.17, 15) is 4.79 Å². The van der Waals surface area contributed by atoms with E-state index in [1.807, 2.05) is 7.05 Å². The lowest BCUT2D eigenvalue weighted by Gasteiger charge is -2.22. The molecule has 0 bridgehead atoms. The average molecular weight is 157 g/mol. The molecule has 3 nitrogen and oxygen atoms in total. The molecule has 11 heavy (non-hydrogen) atoms. The Morgan fingerprint density at radius 2 is 2.09 bits per heavy atom. The number of carboxylic acid groups (broad SMARTS) is 1. The highest BCUT2D eigenvalue weighted by Crippen LogP contribution is 2.37. The van der Waals surface area contributed by atoms with Crippen molar-refractivity contribution in [3.8, 4) is 0 Å². The van der Waals surface area contributed by atoms with Crippen LogP contribution in [0.15, 0.2) is 0 Å². The first-order valence-electron chi connectivity index (χ1n) is 4.09. The summed E-state index contributed by atoms with van der Waals surface area (Å²) in [5, 5.41) is 11.9. The van der Waals surface area contributed by atoms with Gasteiger partial charge in [0, 0.05) is 6.54 Å². The second kappa shape index (κ2) is 3.22. The molecule has 0 heterocycles. The highest BCUT2D eigenvalue weighted by molar-refractivity contribution is 5.75. The molecule has 0 aromatic heterocycles. The Kier molecular flexibility index (Phi) is 2.49. The Morgan fingerprint density at radius 1 is 1.55 bits per heavy atom. The molecule has 0 spiro atoms. The molecule has 0 amide bonds. The third-order valence-electron chi connectivity index (χ3n) is 2.53. The minimum Gasteiger partial charge on any atom is -0.481 e. The third kappa shape index (κ3) is 1.53. The molecule has 64 valence electrons. The Morgan fingerprint density at radius 3 is 2.45 bits per heavy atom. The molecular weight excluding hydrogens is 142 g/mol. The van der Waals surface area contributed by atoms with Crippen LogP contribution in [0.1, 0.15) is 25.7 Å². The van der Waals surface area contributed by atoms with Gasteiger partial charge in [-0.1, -0.05) is 12.8 Å². The molecule has 0 unspecified atom stereocenters. The quantitative estimate of drug-likeness (QED) is 0.638. The molecule has 3 heteroatoms. The Labute approximate surface area is 66.8 Å². The number of carbonyl (C=O) groups is 1. The minimum atomic E-state index is -0.635. The molecule has 1 rings (SSSR count). The van der Waals surface area contributed by atoms with Gasteiger partial charge in [0.05, 0.1) is 5.41 Å². The summed E-state index contributed by atoms with van der Waals surface area (Å²) < 4.78 is 0. The van der Waals surface area contributed by atoms with Crippen LogP contribution in [-0.4, -0.2) is 24.7 Å². The predicted molar refractivity (Wildman–Crippen MR) is 42.5 cm³/mol. The SMILES string of the molecule is CNCC1(C(=O)O)CCCC1. The van der Waals surface area contributed by atoms with E-state index in [-0.39, 0.29) is 0 Å².